The molecule has 0 aromatic rings. The molecule has 90 valence electrons. The average Bonchev–Trinajstić information content (AvgIpc) is 2.62. The van der Waals surface area contributed by atoms with E-state index in [-0.39, 0.29) is 11.7 Å². The predicted molar refractivity (Wildman–Crippen MR) is 61.6 cm³/mol. The molecule has 0 bridgehead atoms. The second-order valence-corrected chi connectivity index (χ2v) is 4.97. The summed E-state index contributed by atoms with van der Waals surface area (Å²) in [6, 6.07) is 0. The molecule has 4 unspecified atom stereocenters. The van der Waals surface area contributed by atoms with Gasteiger partial charge in [-0.3, -0.25) is 0 Å². The van der Waals surface area contributed by atoms with Crippen molar-refractivity contribution in [2.45, 2.75) is 64.3 Å². The highest BCUT2D eigenvalue weighted by Crippen LogP contribution is 2.39. The van der Waals surface area contributed by atoms with Crippen LogP contribution in [0.3, 0.4) is 0 Å². The summed E-state index contributed by atoms with van der Waals surface area (Å²) in [5, 5.41) is 9.45. The second kappa shape index (κ2) is 5.28. The molecule has 0 aromatic carbocycles. The maximum Gasteiger partial charge on any atom is 0.0811 e. The summed E-state index contributed by atoms with van der Waals surface area (Å²) in [7, 11) is 0. The summed E-state index contributed by atoms with van der Waals surface area (Å²) in [6.07, 6.45) is 3.96. The number of hydrogen-bond acceptors (Lipinski definition) is 3. The number of aliphatic hydroxyl groups excluding tert-OH is 1. The Morgan fingerprint density at radius 1 is 1.53 bits per heavy atom. The van der Waals surface area contributed by atoms with Crippen molar-refractivity contribution in [1.29, 1.82) is 0 Å². The number of nitrogens with two attached hydrogens (primary N) is 1. The topological polar surface area (TPSA) is 55.5 Å². The van der Waals surface area contributed by atoms with E-state index in [2.05, 4.69) is 6.92 Å². The molecule has 1 aliphatic carbocycles. The fourth-order valence-electron chi connectivity index (χ4n) is 2.38. The molecule has 0 saturated heterocycles. The van der Waals surface area contributed by atoms with Gasteiger partial charge in [-0.25, -0.2) is 0 Å². The third-order valence-electron chi connectivity index (χ3n) is 3.73. The van der Waals surface area contributed by atoms with E-state index >= 15 is 0 Å². The Labute approximate surface area is 93.0 Å². The number of hydrogen-bond donors (Lipinski definition) is 2. The van der Waals surface area contributed by atoms with Crippen LogP contribution < -0.4 is 5.73 Å². The molecule has 0 heterocycles. The number of aliphatic hydroxyl groups is 1. The van der Waals surface area contributed by atoms with Gasteiger partial charge < -0.3 is 15.6 Å². The van der Waals surface area contributed by atoms with E-state index in [9.17, 15) is 5.11 Å². The van der Waals surface area contributed by atoms with Gasteiger partial charge in [0.2, 0.25) is 0 Å². The Hall–Kier alpha value is -0.120. The van der Waals surface area contributed by atoms with E-state index in [1.807, 2.05) is 6.92 Å². The standard InChI is InChI=1S/C12H25NO2/c1-4-11-5-6-12(7-11,8-13)15-10(3)9(2)14/h9-11,14H,4-8,13H2,1-3H3. The Bertz CT molecular complexity index is 196. The summed E-state index contributed by atoms with van der Waals surface area (Å²) in [5.41, 5.74) is 5.66. The van der Waals surface area contributed by atoms with Crippen molar-refractivity contribution in [2.24, 2.45) is 11.7 Å². The largest absolute Gasteiger partial charge is 0.391 e. The molecule has 0 radical (unpaired) electrons. The molecule has 1 saturated carbocycles. The van der Waals surface area contributed by atoms with Crippen LogP contribution in [-0.2, 0) is 4.74 Å². The van der Waals surface area contributed by atoms with E-state index < -0.39 is 6.10 Å². The highest BCUT2D eigenvalue weighted by Gasteiger charge is 2.39. The van der Waals surface area contributed by atoms with E-state index in [4.69, 9.17) is 10.5 Å². The lowest BCUT2D eigenvalue weighted by atomic mass is 9.98. The lowest BCUT2D eigenvalue weighted by molar-refractivity contribution is -0.117. The second-order valence-electron chi connectivity index (χ2n) is 4.97. The first-order valence-electron chi connectivity index (χ1n) is 6.09. The minimum Gasteiger partial charge on any atom is -0.391 e. The Balaban J connectivity index is 2.55. The molecule has 3 nitrogen and oxygen atoms in total. The molecule has 1 rings (SSSR count). The normalized spacial score (nSPS) is 35.4. The average molecular weight is 215 g/mol. The van der Waals surface area contributed by atoms with Crippen LogP contribution in [0.1, 0.15) is 46.5 Å². The van der Waals surface area contributed by atoms with Crippen LogP contribution in [0, 0.1) is 5.92 Å². The van der Waals surface area contributed by atoms with Crippen LogP contribution in [-0.4, -0.2) is 29.5 Å². The maximum absolute atomic E-state index is 9.45. The highest BCUT2D eigenvalue weighted by atomic mass is 16.5. The van der Waals surface area contributed by atoms with Crippen molar-refractivity contribution in [3.05, 3.63) is 0 Å². The van der Waals surface area contributed by atoms with Crippen LogP contribution in [0.2, 0.25) is 0 Å². The summed E-state index contributed by atoms with van der Waals surface area (Å²) in [6.45, 7) is 6.47. The lowest BCUT2D eigenvalue weighted by Crippen LogP contribution is -2.43. The molecular formula is C12H25NO2. The Morgan fingerprint density at radius 3 is 2.60 bits per heavy atom. The van der Waals surface area contributed by atoms with Gasteiger partial charge in [0.15, 0.2) is 0 Å². The van der Waals surface area contributed by atoms with Crippen LogP contribution >= 0.6 is 0 Å². The smallest absolute Gasteiger partial charge is 0.0811 e. The minimum atomic E-state index is -0.422. The van der Waals surface area contributed by atoms with Gasteiger partial charge in [0.1, 0.15) is 0 Å². The zero-order valence-electron chi connectivity index (χ0n) is 10.2. The van der Waals surface area contributed by atoms with E-state index in [0.717, 1.165) is 18.8 Å². The molecule has 0 aliphatic heterocycles. The zero-order chi connectivity index (χ0) is 11.5. The first-order valence-corrected chi connectivity index (χ1v) is 6.09. The third-order valence-corrected chi connectivity index (χ3v) is 3.73. The van der Waals surface area contributed by atoms with Gasteiger partial charge in [0.05, 0.1) is 17.8 Å². The molecule has 3 heteroatoms. The van der Waals surface area contributed by atoms with E-state index in [1.165, 1.54) is 12.8 Å². The molecule has 3 N–H and O–H groups in total. The predicted octanol–water partition coefficient (Wildman–Crippen LogP) is 1.68. The summed E-state index contributed by atoms with van der Waals surface area (Å²) in [4.78, 5) is 0. The molecule has 0 spiro atoms. The van der Waals surface area contributed by atoms with Gasteiger partial charge in [-0.05, 0) is 39.0 Å². The first kappa shape index (κ1) is 12.9. The van der Waals surface area contributed by atoms with Gasteiger partial charge in [-0.1, -0.05) is 13.3 Å². The highest BCUT2D eigenvalue weighted by molar-refractivity contribution is 4.92. The molecule has 4 atom stereocenters. The van der Waals surface area contributed by atoms with Crippen LogP contribution in [0.15, 0.2) is 0 Å². The quantitative estimate of drug-likeness (QED) is 0.733. The van der Waals surface area contributed by atoms with E-state index in [1.54, 1.807) is 6.92 Å². The summed E-state index contributed by atoms with van der Waals surface area (Å²) >= 11 is 0. The van der Waals surface area contributed by atoms with Crippen molar-refractivity contribution in [3.8, 4) is 0 Å². The van der Waals surface area contributed by atoms with Crippen LogP contribution in [0.5, 0.6) is 0 Å². The minimum absolute atomic E-state index is 0.121. The van der Waals surface area contributed by atoms with Gasteiger partial charge >= 0.3 is 0 Å². The molecular weight excluding hydrogens is 190 g/mol. The van der Waals surface area contributed by atoms with Gasteiger partial charge in [-0.2, -0.15) is 0 Å². The molecule has 0 amide bonds. The summed E-state index contributed by atoms with van der Waals surface area (Å²) < 4.78 is 5.97. The fraction of sp³-hybridized carbons (Fsp3) is 1.00. The van der Waals surface area contributed by atoms with Crippen molar-refractivity contribution >= 4 is 0 Å². The van der Waals surface area contributed by atoms with Crippen molar-refractivity contribution in [3.63, 3.8) is 0 Å². The van der Waals surface area contributed by atoms with Gasteiger partial charge in [0, 0.05) is 6.54 Å². The molecule has 1 aliphatic rings. The SMILES string of the molecule is CCC1CCC(CN)(OC(C)C(C)O)C1. The molecule has 15 heavy (non-hydrogen) atoms. The number of ether oxygens (including phenoxy) is 1. The van der Waals surface area contributed by atoms with Crippen LogP contribution in [0.4, 0.5) is 0 Å². The Morgan fingerprint density at radius 2 is 2.20 bits per heavy atom. The van der Waals surface area contributed by atoms with Crippen LogP contribution in [0.25, 0.3) is 0 Å². The molecule has 0 aromatic heterocycles. The zero-order valence-corrected chi connectivity index (χ0v) is 10.2. The number of rotatable bonds is 5. The Kier molecular flexibility index (Phi) is 4.56. The van der Waals surface area contributed by atoms with Crippen molar-refractivity contribution < 1.29 is 9.84 Å². The third kappa shape index (κ3) is 3.16. The van der Waals surface area contributed by atoms with Crippen molar-refractivity contribution in [2.75, 3.05) is 6.54 Å². The lowest BCUT2D eigenvalue weighted by Gasteiger charge is -2.33. The first-order chi connectivity index (χ1) is 7.03. The van der Waals surface area contributed by atoms with E-state index in [0.29, 0.717) is 6.54 Å². The maximum atomic E-state index is 9.45. The summed E-state index contributed by atoms with van der Waals surface area (Å²) in [5.74, 6) is 0.745. The van der Waals surface area contributed by atoms with Gasteiger partial charge in [0.25, 0.3) is 0 Å². The fourth-order valence-corrected chi connectivity index (χ4v) is 2.38. The monoisotopic (exact) mass is 215 g/mol. The molecule has 1 fully saturated rings. The van der Waals surface area contributed by atoms with Crippen molar-refractivity contribution in [1.82, 2.24) is 0 Å². The van der Waals surface area contributed by atoms with Gasteiger partial charge in [-0.15, -0.1) is 0 Å².